The summed E-state index contributed by atoms with van der Waals surface area (Å²) >= 11 is 12.1. The maximum Gasteiger partial charge on any atom is 0.240 e. The molecule has 8 heteroatoms. The number of rotatable bonds is 4. The second kappa shape index (κ2) is 8.07. The molecule has 1 N–H and O–H groups in total. The predicted octanol–water partition coefficient (Wildman–Crippen LogP) is 4.68. The number of benzene rings is 2. The van der Waals surface area contributed by atoms with E-state index in [1.54, 1.807) is 18.2 Å². The number of nitrogens with one attached hydrogen (secondary N) is 1. The van der Waals surface area contributed by atoms with Gasteiger partial charge in [-0.25, -0.2) is 4.79 Å². The lowest BCUT2D eigenvalue weighted by atomic mass is 10.1. The second-order valence-electron chi connectivity index (χ2n) is 6.41. The first-order chi connectivity index (χ1) is 13.7. The molecule has 1 aromatic heterocycles. The van der Waals surface area contributed by atoms with Gasteiger partial charge in [0, 0.05) is 37.4 Å². The summed E-state index contributed by atoms with van der Waals surface area (Å²) in [5.74, 6) is 0.636. The quantitative estimate of drug-likeness (QED) is 0.498. The minimum absolute atomic E-state index is 0.424. The Kier molecular flexibility index (Phi) is 5.35. The highest BCUT2D eigenvalue weighted by Gasteiger charge is 2.24. The molecule has 6 nitrogen and oxygen atoms in total. The Morgan fingerprint density at radius 2 is 1.68 bits per heavy atom. The maximum atomic E-state index is 11.0. The molecule has 1 aliphatic rings. The van der Waals surface area contributed by atoms with Gasteiger partial charge in [-0.15, -0.1) is 0 Å². The van der Waals surface area contributed by atoms with Crippen LogP contribution in [0.5, 0.6) is 0 Å². The van der Waals surface area contributed by atoms with Gasteiger partial charge in [0.15, 0.2) is 5.82 Å². The number of carbonyl (C=O) groups excluding carboxylic acids is 1. The van der Waals surface area contributed by atoms with Crippen molar-refractivity contribution in [3.05, 3.63) is 58.6 Å². The molecule has 2 heterocycles. The molecule has 2 aromatic carbocycles. The fourth-order valence-corrected chi connectivity index (χ4v) is 3.66. The summed E-state index contributed by atoms with van der Waals surface area (Å²) < 4.78 is 0. The number of isocyanates is 1. The molecule has 1 saturated heterocycles. The molecule has 0 spiro atoms. The van der Waals surface area contributed by atoms with E-state index in [9.17, 15) is 4.79 Å². The first kappa shape index (κ1) is 18.6. The number of H-pyrrole nitrogens is 1. The molecule has 3 aromatic rings. The summed E-state index contributed by atoms with van der Waals surface area (Å²) in [6, 6.07) is 15.5. The number of aliphatic imine (C=N–C) groups is 1. The SMILES string of the molecule is O=C=Nc1c(N2CCN(c3ccccc3)CC2)n[nH]c1-c1ccc(Cl)c(Cl)c1. The van der Waals surface area contributed by atoms with Crippen LogP contribution in [-0.4, -0.2) is 42.5 Å². The van der Waals surface area contributed by atoms with Gasteiger partial charge in [0.1, 0.15) is 5.69 Å². The van der Waals surface area contributed by atoms with Crippen LogP contribution in [0.3, 0.4) is 0 Å². The van der Waals surface area contributed by atoms with Crippen LogP contribution >= 0.6 is 23.2 Å². The molecule has 1 fully saturated rings. The van der Waals surface area contributed by atoms with Crippen LogP contribution in [0.4, 0.5) is 17.2 Å². The van der Waals surface area contributed by atoms with Crippen molar-refractivity contribution < 1.29 is 4.79 Å². The Morgan fingerprint density at radius 3 is 2.36 bits per heavy atom. The lowest BCUT2D eigenvalue weighted by Gasteiger charge is -2.36. The van der Waals surface area contributed by atoms with E-state index in [-0.39, 0.29) is 0 Å². The molecule has 1 aliphatic heterocycles. The highest BCUT2D eigenvalue weighted by atomic mass is 35.5. The van der Waals surface area contributed by atoms with Crippen LogP contribution in [0.25, 0.3) is 11.3 Å². The second-order valence-corrected chi connectivity index (χ2v) is 7.23. The third-order valence-corrected chi connectivity index (χ3v) is 5.53. The van der Waals surface area contributed by atoms with Gasteiger partial charge in [0.2, 0.25) is 6.08 Å². The van der Waals surface area contributed by atoms with E-state index in [0.717, 1.165) is 31.7 Å². The Balaban J connectivity index is 1.60. The summed E-state index contributed by atoms with van der Waals surface area (Å²) in [4.78, 5) is 19.4. The van der Waals surface area contributed by atoms with Crippen LogP contribution in [-0.2, 0) is 4.79 Å². The van der Waals surface area contributed by atoms with Crippen molar-refractivity contribution in [1.82, 2.24) is 10.2 Å². The summed E-state index contributed by atoms with van der Waals surface area (Å²) in [6.45, 7) is 3.23. The average Bonchev–Trinajstić information content (AvgIpc) is 3.15. The number of aromatic nitrogens is 2. The topological polar surface area (TPSA) is 64.6 Å². The lowest BCUT2D eigenvalue weighted by Crippen LogP contribution is -2.46. The fraction of sp³-hybridized carbons (Fsp3) is 0.200. The van der Waals surface area contributed by atoms with Crippen molar-refractivity contribution in [3.8, 4) is 11.3 Å². The van der Waals surface area contributed by atoms with Crippen LogP contribution in [0.1, 0.15) is 0 Å². The Morgan fingerprint density at radius 1 is 0.964 bits per heavy atom. The first-order valence-corrected chi connectivity index (χ1v) is 9.59. The number of nitrogens with zero attached hydrogens (tertiary/aromatic N) is 4. The summed E-state index contributed by atoms with van der Waals surface area (Å²) in [5, 5.41) is 8.29. The van der Waals surface area contributed by atoms with Crippen molar-refractivity contribution in [2.75, 3.05) is 36.0 Å². The summed E-state index contributed by atoms with van der Waals surface area (Å²) in [5.41, 5.74) is 3.03. The van der Waals surface area contributed by atoms with Gasteiger partial charge in [-0.05, 0) is 24.3 Å². The zero-order chi connectivity index (χ0) is 19.5. The molecule has 0 amide bonds. The summed E-state index contributed by atoms with van der Waals surface area (Å²) in [6.07, 6.45) is 1.64. The number of halogens is 2. The van der Waals surface area contributed by atoms with E-state index in [0.29, 0.717) is 27.2 Å². The van der Waals surface area contributed by atoms with E-state index < -0.39 is 0 Å². The molecule has 0 unspecified atom stereocenters. The molecule has 0 saturated carbocycles. The highest BCUT2D eigenvalue weighted by Crippen LogP contribution is 2.38. The molecule has 0 atom stereocenters. The van der Waals surface area contributed by atoms with Gasteiger partial charge >= 0.3 is 0 Å². The van der Waals surface area contributed by atoms with Gasteiger partial charge in [0.25, 0.3) is 0 Å². The first-order valence-electron chi connectivity index (χ1n) is 8.84. The number of aromatic amines is 1. The monoisotopic (exact) mass is 413 g/mol. The maximum absolute atomic E-state index is 11.0. The molecule has 0 radical (unpaired) electrons. The number of para-hydroxylation sites is 1. The van der Waals surface area contributed by atoms with Gasteiger partial charge in [-0.3, -0.25) is 5.10 Å². The van der Waals surface area contributed by atoms with Crippen LogP contribution in [0.15, 0.2) is 53.5 Å². The van der Waals surface area contributed by atoms with Crippen LogP contribution < -0.4 is 9.80 Å². The van der Waals surface area contributed by atoms with Crippen molar-refractivity contribution in [3.63, 3.8) is 0 Å². The number of hydrogen-bond acceptors (Lipinski definition) is 5. The van der Waals surface area contributed by atoms with E-state index in [1.165, 1.54) is 5.69 Å². The van der Waals surface area contributed by atoms with Gasteiger partial charge in [0.05, 0.1) is 15.7 Å². The highest BCUT2D eigenvalue weighted by molar-refractivity contribution is 6.42. The van der Waals surface area contributed by atoms with E-state index in [1.807, 2.05) is 24.3 Å². The van der Waals surface area contributed by atoms with Crippen molar-refractivity contribution in [2.45, 2.75) is 0 Å². The van der Waals surface area contributed by atoms with E-state index in [2.05, 4.69) is 37.1 Å². The van der Waals surface area contributed by atoms with Crippen molar-refractivity contribution in [1.29, 1.82) is 0 Å². The Bertz CT molecular complexity index is 1020. The minimum atomic E-state index is 0.424. The fourth-order valence-electron chi connectivity index (χ4n) is 3.37. The summed E-state index contributed by atoms with van der Waals surface area (Å²) in [7, 11) is 0. The molecule has 28 heavy (non-hydrogen) atoms. The zero-order valence-electron chi connectivity index (χ0n) is 14.9. The third-order valence-electron chi connectivity index (χ3n) is 4.79. The smallest absolute Gasteiger partial charge is 0.240 e. The Labute approximate surface area is 172 Å². The molecule has 0 aliphatic carbocycles. The molecular formula is C20H17Cl2N5O. The van der Waals surface area contributed by atoms with E-state index >= 15 is 0 Å². The molecule has 0 bridgehead atoms. The van der Waals surface area contributed by atoms with Gasteiger partial charge in [-0.2, -0.15) is 10.1 Å². The largest absolute Gasteiger partial charge is 0.368 e. The number of piperazine rings is 1. The van der Waals surface area contributed by atoms with Crippen LogP contribution in [0, 0.1) is 0 Å². The van der Waals surface area contributed by atoms with E-state index in [4.69, 9.17) is 23.2 Å². The number of hydrogen-bond donors (Lipinski definition) is 1. The van der Waals surface area contributed by atoms with Crippen LogP contribution in [0.2, 0.25) is 10.0 Å². The Hall–Kier alpha value is -2.79. The molecular weight excluding hydrogens is 397 g/mol. The van der Waals surface area contributed by atoms with Crippen molar-refractivity contribution in [2.24, 2.45) is 4.99 Å². The predicted molar refractivity (Wildman–Crippen MR) is 113 cm³/mol. The minimum Gasteiger partial charge on any atom is -0.368 e. The molecule has 4 rings (SSSR count). The lowest BCUT2D eigenvalue weighted by molar-refractivity contribution is 0.565. The number of anilines is 2. The average molecular weight is 414 g/mol. The standard InChI is InChI=1S/C20H17Cl2N5O/c21-16-7-6-14(12-17(16)22)18-19(23-13-28)20(25-24-18)27-10-8-26(9-11-27)15-4-2-1-3-5-15/h1-7,12H,8-11H2,(H,24,25). The molecule has 142 valence electrons. The normalized spacial score (nSPS) is 14.1. The van der Waals surface area contributed by atoms with Crippen molar-refractivity contribution >= 4 is 46.5 Å². The van der Waals surface area contributed by atoms with Gasteiger partial charge < -0.3 is 9.80 Å². The van der Waals surface area contributed by atoms with Gasteiger partial charge in [-0.1, -0.05) is 47.5 Å². The zero-order valence-corrected chi connectivity index (χ0v) is 16.4. The third kappa shape index (κ3) is 3.62.